The Bertz CT molecular complexity index is 579. The van der Waals surface area contributed by atoms with Crippen LogP contribution in [-0.2, 0) is 6.42 Å². The maximum Gasteiger partial charge on any atom is 0.168 e. The third-order valence-electron chi connectivity index (χ3n) is 2.53. The van der Waals surface area contributed by atoms with Crippen molar-refractivity contribution in [1.82, 2.24) is 0 Å². The van der Waals surface area contributed by atoms with Gasteiger partial charge >= 0.3 is 0 Å². The topological polar surface area (TPSA) is 17.1 Å². The van der Waals surface area contributed by atoms with E-state index in [4.69, 9.17) is 11.6 Å². The minimum atomic E-state index is 0.0172. The zero-order valence-electron chi connectivity index (χ0n) is 9.29. The van der Waals surface area contributed by atoms with E-state index in [0.717, 1.165) is 14.5 Å². The molecule has 2 aromatic carbocycles. The average molecular weight is 388 g/mol. The molecular weight excluding hydrogens is 379 g/mol. The van der Waals surface area contributed by atoms with Gasteiger partial charge in [0.1, 0.15) is 0 Å². The molecule has 0 radical (unpaired) electrons. The largest absolute Gasteiger partial charge is 0.294 e. The van der Waals surface area contributed by atoms with Crippen molar-refractivity contribution in [2.75, 3.05) is 0 Å². The van der Waals surface area contributed by atoms with Gasteiger partial charge in [-0.2, -0.15) is 0 Å². The van der Waals surface area contributed by atoms with Crippen molar-refractivity contribution in [3.8, 4) is 0 Å². The third-order valence-corrected chi connectivity index (χ3v) is 4.35. The standard InChI is InChI=1S/C14H9Br2ClO/c15-10-6-4-9(5-7-10)8-13(18)11-2-1-3-12(16)14(11)17/h1-7H,8H2. The Balaban J connectivity index is 2.22. The molecule has 92 valence electrons. The van der Waals surface area contributed by atoms with Gasteiger partial charge in [-0.05, 0) is 45.8 Å². The van der Waals surface area contributed by atoms with Gasteiger partial charge < -0.3 is 0 Å². The predicted octanol–water partition coefficient (Wildman–Crippen LogP) is 5.29. The fourth-order valence-electron chi connectivity index (χ4n) is 1.60. The Hall–Kier alpha value is -0.640. The fraction of sp³-hybridized carbons (Fsp3) is 0.0714. The number of benzene rings is 2. The number of hydrogen-bond acceptors (Lipinski definition) is 1. The van der Waals surface area contributed by atoms with Crippen LogP contribution in [0.2, 0.25) is 5.02 Å². The lowest BCUT2D eigenvalue weighted by Crippen LogP contribution is -2.04. The minimum absolute atomic E-state index is 0.0172. The Kier molecular flexibility index (Phi) is 4.60. The van der Waals surface area contributed by atoms with E-state index in [1.54, 1.807) is 6.07 Å². The summed E-state index contributed by atoms with van der Waals surface area (Å²) in [4.78, 5) is 12.2. The highest BCUT2D eigenvalue weighted by atomic mass is 79.9. The highest BCUT2D eigenvalue weighted by Gasteiger charge is 2.12. The summed E-state index contributed by atoms with van der Waals surface area (Å²) in [6, 6.07) is 13.1. The molecule has 2 rings (SSSR count). The number of hydrogen-bond donors (Lipinski definition) is 0. The molecule has 0 unspecified atom stereocenters. The monoisotopic (exact) mass is 386 g/mol. The Morgan fingerprint density at radius 2 is 1.72 bits per heavy atom. The quantitative estimate of drug-likeness (QED) is 0.653. The molecule has 0 saturated carbocycles. The highest BCUT2D eigenvalue weighted by molar-refractivity contribution is 9.10. The van der Waals surface area contributed by atoms with E-state index in [0.29, 0.717) is 17.0 Å². The molecule has 1 nitrogen and oxygen atoms in total. The van der Waals surface area contributed by atoms with Crippen LogP contribution in [-0.4, -0.2) is 5.78 Å². The molecule has 0 aromatic heterocycles. The summed E-state index contributed by atoms with van der Waals surface area (Å²) in [5, 5.41) is 0.472. The molecule has 0 bridgehead atoms. The first-order valence-corrected chi connectivity index (χ1v) is 7.26. The van der Waals surface area contributed by atoms with E-state index in [1.807, 2.05) is 36.4 Å². The van der Waals surface area contributed by atoms with Gasteiger partial charge in [-0.15, -0.1) is 0 Å². The van der Waals surface area contributed by atoms with Gasteiger partial charge in [-0.1, -0.05) is 45.7 Å². The molecule has 18 heavy (non-hydrogen) atoms. The van der Waals surface area contributed by atoms with E-state index in [-0.39, 0.29) is 5.78 Å². The second kappa shape index (κ2) is 6.00. The lowest BCUT2D eigenvalue weighted by atomic mass is 10.0. The Morgan fingerprint density at radius 1 is 1.06 bits per heavy atom. The lowest BCUT2D eigenvalue weighted by molar-refractivity contribution is 0.0993. The minimum Gasteiger partial charge on any atom is -0.294 e. The van der Waals surface area contributed by atoms with Crippen LogP contribution in [0.4, 0.5) is 0 Å². The molecule has 0 N–H and O–H groups in total. The second-order valence-electron chi connectivity index (χ2n) is 3.83. The first kappa shape index (κ1) is 13.8. The summed E-state index contributed by atoms with van der Waals surface area (Å²) >= 11 is 12.8. The number of ketones is 1. The molecule has 0 amide bonds. The zero-order chi connectivity index (χ0) is 13.1. The number of carbonyl (C=O) groups is 1. The second-order valence-corrected chi connectivity index (χ2v) is 5.98. The molecule has 0 atom stereocenters. The maximum absolute atomic E-state index is 12.2. The SMILES string of the molecule is O=C(Cc1ccc(Br)cc1)c1cccc(Br)c1Cl. The van der Waals surface area contributed by atoms with Crippen LogP contribution in [0.5, 0.6) is 0 Å². The van der Waals surface area contributed by atoms with Gasteiger partial charge in [0.25, 0.3) is 0 Å². The van der Waals surface area contributed by atoms with Gasteiger partial charge in [-0.25, -0.2) is 0 Å². The maximum atomic E-state index is 12.2. The molecule has 0 saturated heterocycles. The Labute approximate surface area is 127 Å². The summed E-state index contributed by atoms with van der Waals surface area (Å²) in [6.45, 7) is 0. The van der Waals surface area contributed by atoms with Crippen LogP contribution in [0.25, 0.3) is 0 Å². The summed E-state index contributed by atoms with van der Waals surface area (Å²) in [5.74, 6) is 0.0172. The summed E-state index contributed by atoms with van der Waals surface area (Å²) < 4.78 is 1.74. The van der Waals surface area contributed by atoms with E-state index < -0.39 is 0 Å². The lowest BCUT2D eigenvalue weighted by Gasteiger charge is -2.05. The number of carbonyl (C=O) groups excluding carboxylic acids is 1. The van der Waals surface area contributed by atoms with Gasteiger partial charge in [0, 0.05) is 20.9 Å². The van der Waals surface area contributed by atoms with Gasteiger partial charge in [-0.3, -0.25) is 4.79 Å². The third kappa shape index (κ3) is 3.22. The van der Waals surface area contributed by atoms with Gasteiger partial charge in [0.2, 0.25) is 0 Å². The van der Waals surface area contributed by atoms with Crippen LogP contribution in [0.3, 0.4) is 0 Å². The van der Waals surface area contributed by atoms with Crippen molar-refractivity contribution in [2.24, 2.45) is 0 Å². The molecule has 0 aliphatic carbocycles. The van der Waals surface area contributed by atoms with Crippen molar-refractivity contribution in [3.63, 3.8) is 0 Å². The summed E-state index contributed by atoms with van der Waals surface area (Å²) in [5.41, 5.74) is 1.52. The normalized spacial score (nSPS) is 10.4. The van der Waals surface area contributed by atoms with E-state index in [2.05, 4.69) is 31.9 Å². The van der Waals surface area contributed by atoms with E-state index >= 15 is 0 Å². The first-order valence-electron chi connectivity index (χ1n) is 5.29. The van der Waals surface area contributed by atoms with E-state index in [9.17, 15) is 4.79 Å². The summed E-state index contributed by atoms with van der Waals surface area (Å²) in [7, 11) is 0. The van der Waals surface area contributed by atoms with Crippen LogP contribution < -0.4 is 0 Å². The molecular formula is C14H9Br2ClO. The Morgan fingerprint density at radius 3 is 2.39 bits per heavy atom. The van der Waals surface area contributed by atoms with E-state index in [1.165, 1.54) is 0 Å². The summed E-state index contributed by atoms with van der Waals surface area (Å²) in [6.07, 6.45) is 0.351. The number of Topliss-reactive ketones (excluding diaryl/α,β-unsaturated/α-hetero) is 1. The molecule has 0 aliphatic rings. The molecule has 0 heterocycles. The number of halogens is 3. The van der Waals surface area contributed by atoms with Crippen molar-refractivity contribution in [2.45, 2.75) is 6.42 Å². The highest BCUT2D eigenvalue weighted by Crippen LogP contribution is 2.27. The van der Waals surface area contributed by atoms with Crippen LogP contribution in [0.15, 0.2) is 51.4 Å². The van der Waals surface area contributed by atoms with Crippen molar-refractivity contribution < 1.29 is 4.79 Å². The van der Waals surface area contributed by atoms with Crippen LogP contribution in [0.1, 0.15) is 15.9 Å². The predicted molar refractivity (Wildman–Crippen MR) is 81.3 cm³/mol. The van der Waals surface area contributed by atoms with Gasteiger partial charge in [0.15, 0.2) is 5.78 Å². The zero-order valence-corrected chi connectivity index (χ0v) is 13.2. The van der Waals surface area contributed by atoms with Crippen molar-refractivity contribution >= 4 is 49.2 Å². The molecule has 0 fully saturated rings. The van der Waals surface area contributed by atoms with Gasteiger partial charge in [0.05, 0.1) is 5.02 Å². The van der Waals surface area contributed by atoms with Crippen molar-refractivity contribution in [3.05, 3.63) is 67.6 Å². The van der Waals surface area contributed by atoms with Crippen molar-refractivity contribution in [1.29, 1.82) is 0 Å². The smallest absolute Gasteiger partial charge is 0.168 e. The average Bonchev–Trinajstić information content (AvgIpc) is 2.35. The molecule has 4 heteroatoms. The van der Waals surface area contributed by atoms with Crippen LogP contribution in [0, 0.1) is 0 Å². The fourth-order valence-corrected chi connectivity index (χ4v) is 2.46. The molecule has 0 spiro atoms. The van der Waals surface area contributed by atoms with Crippen LogP contribution >= 0.6 is 43.5 Å². The molecule has 0 aliphatic heterocycles. The molecule has 2 aromatic rings. The number of rotatable bonds is 3. The first-order chi connectivity index (χ1) is 8.58.